The lowest BCUT2D eigenvalue weighted by molar-refractivity contribution is 0.317. The molecule has 0 saturated heterocycles. The number of nitrogens with one attached hydrogen (secondary N) is 1. The van der Waals surface area contributed by atoms with Crippen LogP contribution in [0, 0.1) is 13.0 Å². The van der Waals surface area contributed by atoms with Gasteiger partial charge in [0.2, 0.25) is 0 Å². The van der Waals surface area contributed by atoms with E-state index >= 15 is 0 Å². The molecule has 0 heterocycles. The highest BCUT2D eigenvalue weighted by atomic mass is 16.5. The number of aryl methyl sites for hydroxylation is 1. The molecule has 0 saturated carbocycles. The van der Waals surface area contributed by atoms with Crippen LogP contribution in [-0.4, -0.2) is 20.2 Å². The molecule has 1 rings (SSSR count). The zero-order valence-corrected chi connectivity index (χ0v) is 7.55. The number of hydrogen-bond acceptors (Lipinski definition) is 2. The standard InChI is InChI=1S/C10H14NO/c1-9-3-5-10(6-4-9)12-8-7-11-2/h3-5,11H,7-8H2,1-2H3. The van der Waals surface area contributed by atoms with Crippen molar-refractivity contribution in [2.24, 2.45) is 0 Å². The van der Waals surface area contributed by atoms with Crippen LogP contribution >= 0.6 is 0 Å². The average Bonchev–Trinajstić information content (AvgIpc) is 2.09. The molecule has 1 aromatic rings. The lowest BCUT2D eigenvalue weighted by Gasteiger charge is -2.04. The summed E-state index contributed by atoms with van der Waals surface area (Å²) in [4.78, 5) is 0. The number of likely N-dealkylation sites (N-methyl/N-ethyl adjacent to an activating group) is 1. The zero-order valence-electron chi connectivity index (χ0n) is 7.55. The van der Waals surface area contributed by atoms with Gasteiger partial charge in [0.1, 0.15) is 12.4 Å². The molecule has 0 fully saturated rings. The van der Waals surface area contributed by atoms with Crippen molar-refractivity contribution in [3.05, 3.63) is 29.8 Å². The van der Waals surface area contributed by atoms with E-state index in [0.717, 1.165) is 12.3 Å². The van der Waals surface area contributed by atoms with Crippen molar-refractivity contribution in [2.45, 2.75) is 6.92 Å². The average molecular weight is 164 g/mol. The lowest BCUT2D eigenvalue weighted by atomic mass is 10.2. The second kappa shape index (κ2) is 4.78. The van der Waals surface area contributed by atoms with Gasteiger partial charge in [-0.05, 0) is 26.1 Å². The van der Waals surface area contributed by atoms with Gasteiger partial charge in [0, 0.05) is 12.6 Å². The summed E-state index contributed by atoms with van der Waals surface area (Å²) in [6.45, 7) is 3.59. The van der Waals surface area contributed by atoms with Crippen LogP contribution in [0.4, 0.5) is 0 Å². The van der Waals surface area contributed by atoms with Gasteiger partial charge in [0.15, 0.2) is 0 Å². The van der Waals surface area contributed by atoms with Crippen LogP contribution in [0.1, 0.15) is 5.56 Å². The van der Waals surface area contributed by atoms with E-state index in [0.29, 0.717) is 6.61 Å². The fourth-order valence-corrected chi connectivity index (χ4v) is 0.841. The molecule has 0 atom stereocenters. The van der Waals surface area contributed by atoms with E-state index in [1.54, 1.807) is 0 Å². The first-order valence-electron chi connectivity index (χ1n) is 4.08. The molecule has 0 spiro atoms. The highest BCUT2D eigenvalue weighted by Crippen LogP contribution is 2.09. The van der Waals surface area contributed by atoms with Crippen molar-refractivity contribution >= 4 is 0 Å². The molecular weight excluding hydrogens is 150 g/mol. The first kappa shape index (κ1) is 9.07. The Morgan fingerprint density at radius 1 is 1.50 bits per heavy atom. The molecule has 1 aromatic carbocycles. The zero-order chi connectivity index (χ0) is 8.81. The van der Waals surface area contributed by atoms with Gasteiger partial charge in [-0.2, -0.15) is 0 Å². The summed E-state index contributed by atoms with van der Waals surface area (Å²) in [6, 6.07) is 8.93. The van der Waals surface area contributed by atoms with Gasteiger partial charge < -0.3 is 10.1 Å². The van der Waals surface area contributed by atoms with Gasteiger partial charge in [-0.15, -0.1) is 0 Å². The molecule has 2 nitrogen and oxygen atoms in total. The van der Waals surface area contributed by atoms with E-state index in [-0.39, 0.29) is 0 Å². The third-order valence-electron chi connectivity index (χ3n) is 1.55. The summed E-state index contributed by atoms with van der Waals surface area (Å²) >= 11 is 0. The monoisotopic (exact) mass is 164 g/mol. The number of benzene rings is 1. The summed E-state index contributed by atoms with van der Waals surface area (Å²) in [5.74, 6) is 0.816. The Morgan fingerprint density at radius 2 is 2.33 bits per heavy atom. The highest BCUT2D eigenvalue weighted by Gasteiger charge is 1.91. The minimum Gasteiger partial charge on any atom is -0.492 e. The first-order valence-corrected chi connectivity index (χ1v) is 4.08. The largest absolute Gasteiger partial charge is 0.492 e. The molecule has 0 unspecified atom stereocenters. The van der Waals surface area contributed by atoms with Crippen LogP contribution in [0.3, 0.4) is 0 Å². The summed E-state index contributed by atoms with van der Waals surface area (Å²) in [5.41, 5.74) is 1.20. The third-order valence-corrected chi connectivity index (χ3v) is 1.55. The Morgan fingerprint density at radius 3 is 2.92 bits per heavy atom. The maximum Gasteiger partial charge on any atom is 0.127 e. The summed E-state index contributed by atoms with van der Waals surface area (Å²) in [6.07, 6.45) is 0. The van der Waals surface area contributed by atoms with E-state index in [9.17, 15) is 0 Å². The molecule has 0 aromatic heterocycles. The van der Waals surface area contributed by atoms with E-state index in [4.69, 9.17) is 4.74 Å². The number of hydrogen-bond donors (Lipinski definition) is 1. The van der Waals surface area contributed by atoms with Crippen LogP contribution in [0.15, 0.2) is 18.2 Å². The fraction of sp³-hybridized carbons (Fsp3) is 0.400. The molecule has 0 aliphatic heterocycles. The van der Waals surface area contributed by atoms with Crippen molar-refractivity contribution in [3.8, 4) is 5.75 Å². The van der Waals surface area contributed by atoms with E-state index in [1.165, 1.54) is 5.56 Å². The second-order valence-electron chi connectivity index (χ2n) is 2.68. The molecule has 1 radical (unpaired) electrons. The molecule has 0 amide bonds. The second-order valence-corrected chi connectivity index (χ2v) is 2.68. The minimum atomic E-state index is 0.691. The van der Waals surface area contributed by atoms with Crippen molar-refractivity contribution in [1.29, 1.82) is 0 Å². The van der Waals surface area contributed by atoms with Crippen LogP contribution in [0.2, 0.25) is 0 Å². The predicted octanol–water partition coefficient (Wildman–Crippen LogP) is 1.39. The van der Waals surface area contributed by atoms with Crippen LogP contribution in [0.25, 0.3) is 0 Å². The summed E-state index contributed by atoms with van der Waals surface area (Å²) in [5, 5.41) is 3.01. The van der Waals surface area contributed by atoms with E-state index in [1.807, 2.05) is 32.2 Å². The number of rotatable bonds is 4. The van der Waals surface area contributed by atoms with Gasteiger partial charge in [0.25, 0.3) is 0 Å². The Bertz CT molecular complexity index is 218. The summed E-state index contributed by atoms with van der Waals surface area (Å²) < 4.78 is 5.38. The molecule has 0 bridgehead atoms. The predicted molar refractivity (Wildman–Crippen MR) is 49.4 cm³/mol. The van der Waals surface area contributed by atoms with Crippen LogP contribution in [-0.2, 0) is 0 Å². The molecule has 2 heteroatoms. The molecule has 12 heavy (non-hydrogen) atoms. The minimum absolute atomic E-state index is 0.691. The van der Waals surface area contributed by atoms with Crippen molar-refractivity contribution < 1.29 is 4.74 Å². The Kier molecular flexibility index (Phi) is 3.61. The summed E-state index contributed by atoms with van der Waals surface area (Å²) in [7, 11) is 1.90. The van der Waals surface area contributed by atoms with Gasteiger partial charge in [0.05, 0.1) is 0 Å². The topological polar surface area (TPSA) is 21.3 Å². The molecule has 1 N–H and O–H groups in total. The maximum absolute atomic E-state index is 5.38. The normalized spacial score (nSPS) is 9.83. The van der Waals surface area contributed by atoms with Crippen molar-refractivity contribution in [2.75, 3.05) is 20.2 Å². The lowest BCUT2D eigenvalue weighted by Crippen LogP contribution is -2.15. The van der Waals surface area contributed by atoms with E-state index < -0.39 is 0 Å². The molecule has 65 valence electrons. The van der Waals surface area contributed by atoms with Gasteiger partial charge >= 0.3 is 0 Å². The highest BCUT2D eigenvalue weighted by molar-refractivity contribution is 5.24. The third kappa shape index (κ3) is 2.93. The van der Waals surface area contributed by atoms with Crippen LogP contribution in [0.5, 0.6) is 5.75 Å². The number of ether oxygens (including phenoxy) is 1. The smallest absolute Gasteiger partial charge is 0.127 e. The van der Waals surface area contributed by atoms with Crippen molar-refractivity contribution in [1.82, 2.24) is 5.32 Å². The Balaban J connectivity index is 2.37. The Labute approximate surface area is 73.6 Å². The maximum atomic E-state index is 5.38. The van der Waals surface area contributed by atoms with Gasteiger partial charge in [-0.3, -0.25) is 0 Å². The van der Waals surface area contributed by atoms with Gasteiger partial charge in [-0.25, -0.2) is 0 Å². The Hall–Kier alpha value is -1.02. The van der Waals surface area contributed by atoms with Crippen molar-refractivity contribution in [3.63, 3.8) is 0 Å². The van der Waals surface area contributed by atoms with Gasteiger partial charge in [-0.1, -0.05) is 11.6 Å². The van der Waals surface area contributed by atoms with E-state index in [2.05, 4.69) is 11.4 Å². The van der Waals surface area contributed by atoms with Crippen LogP contribution < -0.4 is 10.1 Å². The first-order chi connectivity index (χ1) is 5.83. The molecular formula is C10H14NO. The quantitative estimate of drug-likeness (QED) is 0.679. The molecule has 0 aliphatic carbocycles. The molecule has 0 aliphatic rings. The SMILES string of the molecule is CNCCOc1[c]cc(C)cc1. The fourth-order valence-electron chi connectivity index (χ4n) is 0.841.